The zero-order valence-electron chi connectivity index (χ0n) is 21.3. The number of carbonyl (C=O) groups excluding carboxylic acids is 2. The first-order valence-corrected chi connectivity index (χ1v) is 14.4. The fourth-order valence-electron chi connectivity index (χ4n) is 3.77. The van der Waals surface area contributed by atoms with Gasteiger partial charge in [0.2, 0.25) is 21.8 Å². The van der Waals surface area contributed by atoms with Crippen molar-refractivity contribution in [2.24, 2.45) is 0 Å². The van der Waals surface area contributed by atoms with Crippen LogP contribution < -0.4 is 9.62 Å². The molecule has 0 unspecified atom stereocenters. The number of anilines is 1. The van der Waals surface area contributed by atoms with Crippen molar-refractivity contribution in [2.45, 2.75) is 66.1 Å². The molecule has 0 fully saturated rings. The fraction of sp³-hybridized carbons (Fsp3) is 0.462. The van der Waals surface area contributed by atoms with E-state index in [9.17, 15) is 18.0 Å². The Kier molecular flexibility index (Phi) is 10.3. The monoisotopic (exact) mass is 565 g/mol. The van der Waals surface area contributed by atoms with Crippen molar-refractivity contribution in [3.8, 4) is 0 Å². The number of benzene rings is 2. The Labute approximate surface area is 218 Å². The lowest BCUT2D eigenvalue weighted by Crippen LogP contribution is -2.53. The highest BCUT2D eigenvalue weighted by Crippen LogP contribution is 2.25. The van der Waals surface area contributed by atoms with E-state index in [0.717, 1.165) is 38.1 Å². The van der Waals surface area contributed by atoms with E-state index in [1.807, 2.05) is 58.9 Å². The molecule has 0 radical (unpaired) electrons. The van der Waals surface area contributed by atoms with Crippen LogP contribution in [0.4, 0.5) is 5.69 Å². The van der Waals surface area contributed by atoms with E-state index in [1.54, 1.807) is 18.2 Å². The van der Waals surface area contributed by atoms with E-state index in [4.69, 9.17) is 0 Å². The van der Waals surface area contributed by atoms with Gasteiger partial charge in [-0.2, -0.15) is 0 Å². The molecule has 2 rings (SSSR count). The van der Waals surface area contributed by atoms with E-state index >= 15 is 0 Å². The molecule has 2 aromatic rings. The number of halogens is 1. The van der Waals surface area contributed by atoms with Crippen LogP contribution in [0.5, 0.6) is 0 Å². The van der Waals surface area contributed by atoms with E-state index in [2.05, 4.69) is 21.2 Å². The van der Waals surface area contributed by atoms with Gasteiger partial charge in [0.25, 0.3) is 0 Å². The van der Waals surface area contributed by atoms with Crippen molar-refractivity contribution in [2.75, 3.05) is 17.1 Å². The molecule has 1 N–H and O–H groups in total. The molecular formula is C26H36BrN3O4S. The Morgan fingerprint density at radius 3 is 2.29 bits per heavy atom. The maximum atomic E-state index is 13.7. The third-order valence-corrected chi connectivity index (χ3v) is 7.96. The molecule has 0 bridgehead atoms. The summed E-state index contributed by atoms with van der Waals surface area (Å²) < 4.78 is 27.4. The molecule has 7 nitrogen and oxygen atoms in total. The molecule has 0 aliphatic carbocycles. The standard InChI is InChI=1S/C26H36BrN3O4S/c1-7-20(5)28-26(32)24(8-2)29(16-21-11-9-10-18(3)14-21)25(31)17-30(35(6,33)34)22-12-13-23(27)19(4)15-22/h9-15,20,24H,7-8,16-17H2,1-6H3,(H,28,32)/t20-,24-/m1/s1. The first-order valence-electron chi connectivity index (χ1n) is 11.8. The molecule has 2 aromatic carbocycles. The third kappa shape index (κ3) is 8.07. The van der Waals surface area contributed by atoms with E-state index in [-0.39, 0.29) is 18.5 Å². The van der Waals surface area contributed by atoms with Gasteiger partial charge >= 0.3 is 0 Å². The molecule has 0 aliphatic heterocycles. The Morgan fingerprint density at radius 2 is 1.74 bits per heavy atom. The molecule has 9 heteroatoms. The summed E-state index contributed by atoms with van der Waals surface area (Å²) in [4.78, 5) is 28.3. The second kappa shape index (κ2) is 12.5. The Morgan fingerprint density at radius 1 is 1.06 bits per heavy atom. The predicted octanol–water partition coefficient (Wildman–Crippen LogP) is 4.55. The number of aryl methyl sites for hydroxylation is 2. The lowest BCUT2D eigenvalue weighted by atomic mass is 10.1. The highest BCUT2D eigenvalue weighted by molar-refractivity contribution is 9.10. The average molecular weight is 567 g/mol. The molecule has 0 aromatic heterocycles. The van der Waals surface area contributed by atoms with Crippen LogP contribution in [0.2, 0.25) is 0 Å². The Balaban J connectivity index is 2.46. The summed E-state index contributed by atoms with van der Waals surface area (Å²) in [5.74, 6) is -0.683. The van der Waals surface area contributed by atoms with Crippen molar-refractivity contribution in [1.82, 2.24) is 10.2 Å². The second-order valence-electron chi connectivity index (χ2n) is 8.96. The summed E-state index contributed by atoms with van der Waals surface area (Å²) in [5, 5.41) is 2.97. The first-order chi connectivity index (χ1) is 16.4. The lowest BCUT2D eigenvalue weighted by molar-refractivity contribution is -0.140. The molecule has 0 aliphatic rings. The quantitative estimate of drug-likeness (QED) is 0.433. The smallest absolute Gasteiger partial charge is 0.244 e. The van der Waals surface area contributed by atoms with Crippen molar-refractivity contribution in [1.29, 1.82) is 0 Å². The summed E-state index contributed by atoms with van der Waals surface area (Å²) >= 11 is 3.43. The largest absolute Gasteiger partial charge is 0.352 e. The molecule has 0 saturated carbocycles. The molecule has 2 amide bonds. The number of nitrogens with zero attached hydrogens (tertiary/aromatic N) is 2. The van der Waals surface area contributed by atoms with Crippen LogP contribution in [0.3, 0.4) is 0 Å². The van der Waals surface area contributed by atoms with Gasteiger partial charge in [0.05, 0.1) is 11.9 Å². The number of sulfonamides is 1. The van der Waals surface area contributed by atoms with Crippen LogP contribution in [0.15, 0.2) is 46.9 Å². The van der Waals surface area contributed by atoms with Gasteiger partial charge in [-0.3, -0.25) is 13.9 Å². The lowest BCUT2D eigenvalue weighted by Gasteiger charge is -2.33. The minimum Gasteiger partial charge on any atom is -0.352 e. The summed E-state index contributed by atoms with van der Waals surface area (Å²) in [6, 6.07) is 12.1. The predicted molar refractivity (Wildman–Crippen MR) is 145 cm³/mol. The van der Waals surface area contributed by atoms with Crippen LogP contribution in [-0.4, -0.2) is 50.0 Å². The normalized spacial score (nSPS) is 13.1. The van der Waals surface area contributed by atoms with E-state index in [1.165, 1.54) is 4.90 Å². The number of rotatable bonds is 11. The van der Waals surface area contributed by atoms with E-state index in [0.29, 0.717) is 12.1 Å². The maximum Gasteiger partial charge on any atom is 0.244 e. The third-order valence-electron chi connectivity index (χ3n) is 5.93. The molecular weight excluding hydrogens is 530 g/mol. The van der Waals surface area contributed by atoms with Gasteiger partial charge in [0, 0.05) is 17.1 Å². The second-order valence-corrected chi connectivity index (χ2v) is 11.7. The molecule has 0 saturated heterocycles. The topological polar surface area (TPSA) is 86.8 Å². The Bertz CT molecular complexity index is 1150. The number of hydrogen-bond donors (Lipinski definition) is 1. The van der Waals surface area contributed by atoms with Gasteiger partial charge in [0.1, 0.15) is 12.6 Å². The minimum atomic E-state index is -3.76. The first kappa shape index (κ1) is 28.8. The number of nitrogens with one attached hydrogen (secondary N) is 1. The van der Waals surface area contributed by atoms with Crippen molar-refractivity contribution in [3.63, 3.8) is 0 Å². The van der Waals surface area contributed by atoms with Gasteiger partial charge in [-0.15, -0.1) is 0 Å². The van der Waals surface area contributed by atoms with Gasteiger partial charge in [-0.1, -0.05) is 59.6 Å². The molecule has 192 valence electrons. The van der Waals surface area contributed by atoms with Crippen LogP contribution in [-0.2, 0) is 26.2 Å². The van der Waals surface area contributed by atoms with Crippen LogP contribution in [0.1, 0.15) is 50.3 Å². The zero-order chi connectivity index (χ0) is 26.3. The van der Waals surface area contributed by atoms with Gasteiger partial charge in [-0.05, 0) is 62.9 Å². The summed E-state index contributed by atoms with van der Waals surface area (Å²) in [6.45, 7) is 9.35. The summed E-state index contributed by atoms with van der Waals surface area (Å²) in [7, 11) is -3.76. The molecule has 0 spiro atoms. The fourth-order valence-corrected chi connectivity index (χ4v) is 4.85. The minimum absolute atomic E-state index is 0.0364. The van der Waals surface area contributed by atoms with Crippen LogP contribution >= 0.6 is 15.9 Å². The molecule has 0 heterocycles. The summed E-state index contributed by atoms with van der Waals surface area (Å²) in [6.07, 6.45) is 2.24. The molecule has 2 atom stereocenters. The van der Waals surface area contributed by atoms with Crippen molar-refractivity contribution in [3.05, 3.63) is 63.6 Å². The van der Waals surface area contributed by atoms with Crippen LogP contribution in [0.25, 0.3) is 0 Å². The Hall–Kier alpha value is -2.39. The number of carbonyl (C=O) groups is 2. The van der Waals surface area contributed by atoms with Crippen LogP contribution in [0, 0.1) is 13.8 Å². The maximum absolute atomic E-state index is 13.7. The molecule has 35 heavy (non-hydrogen) atoms. The number of hydrogen-bond acceptors (Lipinski definition) is 4. The van der Waals surface area contributed by atoms with Crippen molar-refractivity contribution >= 4 is 43.5 Å². The van der Waals surface area contributed by atoms with E-state index < -0.39 is 28.5 Å². The zero-order valence-corrected chi connectivity index (χ0v) is 23.7. The van der Waals surface area contributed by atoms with Gasteiger partial charge in [-0.25, -0.2) is 8.42 Å². The highest BCUT2D eigenvalue weighted by Gasteiger charge is 2.32. The highest BCUT2D eigenvalue weighted by atomic mass is 79.9. The van der Waals surface area contributed by atoms with Crippen molar-refractivity contribution < 1.29 is 18.0 Å². The van der Waals surface area contributed by atoms with Gasteiger partial charge < -0.3 is 10.2 Å². The SMILES string of the molecule is CC[C@@H](C)NC(=O)[C@@H](CC)N(Cc1cccc(C)c1)C(=O)CN(c1ccc(Br)c(C)c1)S(C)(=O)=O. The summed E-state index contributed by atoms with van der Waals surface area (Å²) in [5.41, 5.74) is 3.15. The average Bonchev–Trinajstić information content (AvgIpc) is 2.78. The number of amides is 2. The van der Waals surface area contributed by atoms with Gasteiger partial charge in [0.15, 0.2) is 0 Å².